The van der Waals surface area contributed by atoms with Crippen LogP contribution in [-0.4, -0.2) is 27.0 Å². The van der Waals surface area contributed by atoms with Crippen LogP contribution in [0.1, 0.15) is 44.0 Å². The highest BCUT2D eigenvalue weighted by molar-refractivity contribution is 7.89. The fourth-order valence-electron chi connectivity index (χ4n) is 2.37. The van der Waals surface area contributed by atoms with Crippen LogP contribution in [0.3, 0.4) is 0 Å². The maximum Gasteiger partial charge on any atom is 0.255 e. The zero-order valence-electron chi connectivity index (χ0n) is 15.9. The summed E-state index contributed by atoms with van der Waals surface area (Å²) in [5.41, 5.74) is 0.927. The molecular weight excluding hydrogens is 364 g/mol. The topological polar surface area (TPSA) is 84.5 Å². The molecule has 0 aliphatic carbocycles. The molecular formula is C20H26N2O4S. The molecule has 2 aromatic rings. The number of hydrogen-bond acceptors (Lipinski definition) is 4. The van der Waals surface area contributed by atoms with Crippen LogP contribution in [-0.2, 0) is 10.0 Å². The Morgan fingerprint density at radius 2 is 1.74 bits per heavy atom. The third-order valence-electron chi connectivity index (χ3n) is 3.75. The zero-order valence-corrected chi connectivity index (χ0v) is 16.7. The lowest BCUT2D eigenvalue weighted by Crippen LogP contribution is -2.24. The third-order valence-corrected chi connectivity index (χ3v) is 5.22. The maximum atomic E-state index is 12.5. The lowest BCUT2D eigenvalue weighted by Gasteiger charge is -2.15. The van der Waals surface area contributed by atoms with Gasteiger partial charge in [0.05, 0.1) is 16.7 Å². The summed E-state index contributed by atoms with van der Waals surface area (Å²) in [7, 11) is -3.56. The number of carbonyl (C=O) groups excluding carboxylic acids is 1. The lowest BCUT2D eigenvalue weighted by atomic mass is 10.2. The highest BCUT2D eigenvalue weighted by Gasteiger charge is 2.15. The van der Waals surface area contributed by atoms with E-state index in [2.05, 4.69) is 10.0 Å². The van der Waals surface area contributed by atoms with E-state index in [9.17, 15) is 13.2 Å². The Labute approximate surface area is 161 Å². The summed E-state index contributed by atoms with van der Waals surface area (Å²) in [6.07, 6.45) is 1.66. The predicted octanol–water partition coefficient (Wildman–Crippen LogP) is 3.80. The summed E-state index contributed by atoms with van der Waals surface area (Å²) in [5, 5.41) is 2.80. The lowest BCUT2D eigenvalue weighted by molar-refractivity contribution is 0.102. The van der Waals surface area contributed by atoms with Gasteiger partial charge in [0.1, 0.15) is 5.75 Å². The molecule has 0 aromatic heterocycles. The second-order valence-corrected chi connectivity index (χ2v) is 8.16. The number of nitrogens with one attached hydrogen (secondary N) is 2. The molecule has 0 saturated carbocycles. The molecule has 0 aliphatic rings. The van der Waals surface area contributed by atoms with Crippen molar-refractivity contribution in [3.05, 3.63) is 54.1 Å². The molecule has 2 rings (SSSR count). The van der Waals surface area contributed by atoms with Crippen molar-refractivity contribution in [3.8, 4) is 5.75 Å². The number of para-hydroxylation sites is 2. The second kappa shape index (κ2) is 9.53. The molecule has 0 atom stereocenters. The second-order valence-electron chi connectivity index (χ2n) is 6.39. The summed E-state index contributed by atoms with van der Waals surface area (Å²) in [5.74, 6) is 0.248. The molecule has 2 N–H and O–H groups in total. The molecule has 27 heavy (non-hydrogen) atoms. The number of carbonyl (C=O) groups is 1. The molecule has 0 fully saturated rings. The van der Waals surface area contributed by atoms with E-state index in [-0.39, 0.29) is 16.9 Å². The quantitative estimate of drug-likeness (QED) is 0.638. The first-order valence-electron chi connectivity index (χ1n) is 9.00. The van der Waals surface area contributed by atoms with Crippen molar-refractivity contribution in [1.82, 2.24) is 4.72 Å². The van der Waals surface area contributed by atoms with Gasteiger partial charge in [-0.05, 0) is 56.7 Å². The average molecular weight is 391 g/mol. The molecule has 0 saturated heterocycles. The standard InChI is InChI=1S/C20H26N2O4S/c1-4-5-14-21-27(24,25)17-12-10-16(11-13-17)20(23)22-18-8-6-7-9-19(18)26-15(2)3/h6-13,15,21H,4-5,14H2,1-3H3,(H,22,23). The van der Waals surface area contributed by atoms with Gasteiger partial charge in [-0.15, -0.1) is 0 Å². The van der Waals surface area contributed by atoms with Gasteiger partial charge in [0.25, 0.3) is 5.91 Å². The smallest absolute Gasteiger partial charge is 0.255 e. The van der Waals surface area contributed by atoms with E-state index in [1.54, 1.807) is 18.2 Å². The summed E-state index contributed by atoms with van der Waals surface area (Å²) in [4.78, 5) is 12.6. The van der Waals surface area contributed by atoms with Crippen LogP contribution in [0.2, 0.25) is 0 Å². The maximum absolute atomic E-state index is 12.5. The molecule has 0 unspecified atom stereocenters. The summed E-state index contributed by atoms with van der Waals surface area (Å²) in [6, 6.07) is 13.0. The number of anilines is 1. The van der Waals surface area contributed by atoms with E-state index in [0.717, 1.165) is 12.8 Å². The van der Waals surface area contributed by atoms with E-state index < -0.39 is 10.0 Å². The number of unbranched alkanes of at least 4 members (excludes halogenated alkanes) is 1. The summed E-state index contributed by atoms with van der Waals surface area (Å²) in [6.45, 7) is 6.21. The van der Waals surface area contributed by atoms with Crippen molar-refractivity contribution in [2.75, 3.05) is 11.9 Å². The van der Waals surface area contributed by atoms with Crippen LogP contribution in [0.15, 0.2) is 53.4 Å². The fourth-order valence-corrected chi connectivity index (χ4v) is 3.45. The van der Waals surface area contributed by atoms with Crippen LogP contribution in [0, 0.1) is 0 Å². The minimum Gasteiger partial charge on any atom is -0.489 e. The van der Waals surface area contributed by atoms with E-state index in [0.29, 0.717) is 23.5 Å². The number of sulfonamides is 1. The van der Waals surface area contributed by atoms with Gasteiger partial charge >= 0.3 is 0 Å². The van der Waals surface area contributed by atoms with Gasteiger partial charge in [0.2, 0.25) is 10.0 Å². The Bertz CT molecular complexity index is 862. The van der Waals surface area contributed by atoms with Crippen molar-refractivity contribution in [2.24, 2.45) is 0 Å². The van der Waals surface area contributed by atoms with Crippen molar-refractivity contribution in [1.29, 1.82) is 0 Å². The zero-order chi connectivity index (χ0) is 19.9. The molecule has 146 valence electrons. The molecule has 1 amide bonds. The summed E-state index contributed by atoms with van der Waals surface area (Å²) >= 11 is 0. The Morgan fingerprint density at radius 1 is 1.07 bits per heavy atom. The van der Waals surface area contributed by atoms with Gasteiger partial charge in [-0.25, -0.2) is 13.1 Å². The monoisotopic (exact) mass is 390 g/mol. The molecule has 7 heteroatoms. The number of ether oxygens (including phenoxy) is 1. The van der Waals surface area contributed by atoms with E-state index >= 15 is 0 Å². The SMILES string of the molecule is CCCCNS(=O)(=O)c1ccc(C(=O)Nc2ccccc2OC(C)C)cc1. The van der Waals surface area contributed by atoms with Crippen molar-refractivity contribution in [2.45, 2.75) is 44.6 Å². The highest BCUT2D eigenvalue weighted by atomic mass is 32.2. The Hall–Kier alpha value is -2.38. The Kier molecular flexibility index (Phi) is 7.38. The first kappa shape index (κ1) is 20.9. The van der Waals surface area contributed by atoms with Gasteiger partial charge < -0.3 is 10.1 Å². The highest BCUT2D eigenvalue weighted by Crippen LogP contribution is 2.25. The molecule has 0 bridgehead atoms. The Morgan fingerprint density at radius 3 is 2.37 bits per heavy atom. The number of rotatable bonds is 9. The normalized spacial score (nSPS) is 11.4. The largest absolute Gasteiger partial charge is 0.489 e. The van der Waals surface area contributed by atoms with Crippen molar-refractivity contribution >= 4 is 21.6 Å². The van der Waals surface area contributed by atoms with Crippen LogP contribution >= 0.6 is 0 Å². The molecule has 6 nitrogen and oxygen atoms in total. The third kappa shape index (κ3) is 6.08. The van der Waals surface area contributed by atoms with Gasteiger partial charge in [-0.1, -0.05) is 25.5 Å². The number of amides is 1. The van der Waals surface area contributed by atoms with Gasteiger partial charge in [-0.3, -0.25) is 4.79 Å². The molecule has 0 spiro atoms. The number of benzene rings is 2. The molecule has 0 aliphatic heterocycles. The predicted molar refractivity (Wildman–Crippen MR) is 107 cm³/mol. The molecule has 0 heterocycles. The summed E-state index contributed by atoms with van der Waals surface area (Å²) < 4.78 is 32.6. The minimum absolute atomic E-state index is 0.0206. The van der Waals surface area contributed by atoms with E-state index in [4.69, 9.17) is 4.74 Å². The number of hydrogen-bond donors (Lipinski definition) is 2. The van der Waals surface area contributed by atoms with E-state index in [1.165, 1.54) is 24.3 Å². The fraction of sp³-hybridized carbons (Fsp3) is 0.350. The van der Waals surface area contributed by atoms with Crippen LogP contribution in [0.5, 0.6) is 5.75 Å². The van der Waals surface area contributed by atoms with Crippen molar-refractivity contribution in [3.63, 3.8) is 0 Å². The van der Waals surface area contributed by atoms with Gasteiger partial charge in [0, 0.05) is 12.1 Å². The Balaban J connectivity index is 2.10. The van der Waals surface area contributed by atoms with Crippen molar-refractivity contribution < 1.29 is 17.9 Å². The van der Waals surface area contributed by atoms with Gasteiger partial charge in [-0.2, -0.15) is 0 Å². The van der Waals surface area contributed by atoms with Crippen LogP contribution in [0.4, 0.5) is 5.69 Å². The molecule has 0 radical (unpaired) electrons. The average Bonchev–Trinajstić information content (AvgIpc) is 2.63. The first-order chi connectivity index (χ1) is 12.8. The van der Waals surface area contributed by atoms with Crippen LogP contribution in [0.25, 0.3) is 0 Å². The van der Waals surface area contributed by atoms with Crippen LogP contribution < -0.4 is 14.8 Å². The minimum atomic E-state index is -3.56. The van der Waals surface area contributed by atoms with E-state index in [1.807, 2.05) is 26.8 Å². The van der Waals surface area contributed by atoms with Gasteiger partial charge in [0.15, 0.2) is 0 Å². The first-order valence-corrected chi connectivity index (χ1v) is 10.5. The molecule has 2 aromatic carbocycles.